The largest absolute Gasteiger partial charge is 0.307 e. The van der Waals surface area contributed by atoms with Gasteiger partial charge in [-0.15, -0.1) is 23.1 Å². The number of halogens is 1. The summed E-state index contributed by atoms with van der Waals surface area (Å²) in [6, 6.07) is 5.22. The second-order valence-corrected chi connectivity index (χ2v) is 8.20. The van der Waals surface area contributed by atoms with E-state index < -0.39 is 0 Å². The van der Waals surface area contributed by atoms with E-state index in [1.54, 1.807) is 29.2 Å². The molecule has 1 heterocycles. The lowest BCUT2D eigenvalue weighted by Gasteiger charge is -2.19. The number of nitrogens with one attached hydrogen (secondary N) is 1. The fourth-order valence-corrected chi connectivity index (χ4v) is 3.65. The van der Waals surface area contributed by atoms with Crippen molar-refractivity contribution < 1.29 is 4.39 Å². The molecule has 0 aliphatic heterocycles. The third-order valence-corrected chi connectivity index (χ3v) is 4.79. The Balaban J connectivity index is 2.25. The molecular weight excluding hydrogens is 303 g/mol. The van der Waals surface area contributed by atoms with Crippen LogP contribution in [0.25, 0.3) is 10.6 Å². The van der Waals surface area contributed by atoms with E-state index in [1.807, 2.05) is 12.3 Å². The van der Waals surface area contributed by atoms with Gasteiger partial charge in [-0.25, -0.2) is 9.37 Å². The summed E-state index contributed by atoms with van der Waals surface area (Å²) in [6.45, 7) is 9.21. The summed E-state index contributed by atoms with van der Waals surface area (Å²) in [6.07, 6.45) is 1.84. The van der Waals surface area contributed by atoms with Crippen LogP contribution < -0.4 is 5.32 Å². The molecular formula is C16H21FN2S2. The second kappa shape index (κ2) is 6.90. The van der Waals surface area contributed by atoms with Gasteiger partial charge in [0.2, 0.25) is 0 Å². The predicted octanol–water partition coefficient (Wildman–Crippen LogP) is 4.95. The third-order valence-electron chi connectivity index (χ3n) is 2.84. The van der Waals surface area contributed by atoms with Crippen LogP contribution in [0.4, 0.5) is 4.39 Å². The maximum Gasteiger partial charge on any atom is 0.134 e. The molecule has 2 rings (SSSR count). The van der Waals surface area contributed by atoms with Gasteiger partial charge in [0.05, 0.1) is 5.56 Å². The first-order chi connectivity index (χ1) is 9.90. The van der Waals surface area contributed by atoms with E-state index in [0.29, 0.717) is 5.56 Å². The average molecular weight is 324 g/mol. The first kappa shape index (κ1) is 16.5. The van der Waals surface area contributed by atoms with Crippen molar-refractivity contribution in [2.24, 2.45) is 0 Å². The van der Waals surface area contributed by atoms with E-state index >= 15 is 0 Å². The predicted molar refractivity (Wildman–Crippen MR) is 90.5 cm³/mol. The summed E-state index contributed by atoms with van der Waals surface area (Å²) >= 11 is 3.20. The summed E-state index contributed by atoms with van der Waals surface area (Å²) in [4.78, 5) is 6.50. The Morgan fingerprint density at radius 2 is 2.10 bits per heavy atom. The van der Waals surface area contributed by atoms with E-state index in [0.717, 1.165) is 27.1 Å². The maximum atomic E-state index is 14.2. The van der Waals surface area contributed by atoms with Gasteiger partial charge in [0.25, 0.3) is 0 Å². The van der Waals surface area contributed by atoms with E-state index in [2.05, 4.69) is 38.0 Å². The molecule has 1 N–H and O–H groups in total. The highest BCUT2D eigenvalue weighted by Crippen LogP contribution is 2.35. The Labute approximate surface area is 134 Å². The lowest BCUT2D eigenvalue weighted by Crippen LogP contribution is -2.34. The van der Waals surface area contributed by atoms with Crippen LogP contribution in [-0.4, -0.2) is 16.3 Å². The zero-order valence-electron chi connectivity index (χ0n) is 12.9. The fourth-order valence-electron chi connectivity index (χ4n) is 1.84. The molecule has 0 atom stereocenters. The molecule has 0 unspecified atom stereocenters. The van der Waals surface area contributed by atoms with E-state index in [4.69, 9.17) is 0 Å². The molecule has 2 aromatic rings. The molecule has 114 valence electrons. The lowest BCUT2D eigenvalue weighted by molar-refractivity contribution is 0.426. The van der Waals surface area contributed by atoms with Crippen molar-refractivity contribution in [2.45, 2.75) is 44.7 Å². The highest BCUT2D eigenvalue weighted by atomic mass is 32.2. The third kappa shape index (κ3) is 4.53. The number of nitrogens with zero attached hydrogens (tertiary/aromatic N) is 1. The molecule has 5 heteroatoms. The van der Waals surface area contributed by atoms with Crippen molar-refractivity contribution in [1.82, 2.24) is 10.3 Å². The van der Waals surface area contributed by atoms with Gasteiger partial charge in [-0.2, -0.15) is 0 Å². The standard InChI is InChI=1S/C16H21FN2S2/c1-5-20-13-8-6-7-12(17)14(13)15-18-9-11(21-15)10-19-16(2,3)4/h6-9,19H,5,10H2,1-4H3. The first-order valence-corrected chi connectivity index (χ1v) is 8.82. The van der Waals surface area contributed by atoms with Crippen LogP contribution in [0.2, 0.25) is 0 Å². The van der Waals surface area contributed by atoms with Gasteiger partial charge in [-0.05, 0) is 38.7 Å². The minimum Gasteiger partial charge on any atom is -0.307 e. The molecule has 21 heavy (non-hydrogen) atoms. The molecule has 1 aromatic carbocycles. The van der Waals surface area contributed by atoms with Crippen molar-refractivity contribution in [3.05, 3.63) is 35.1 Å². The Morgan fingerprint density at radius 1 is 1.33 bits per heavy atom. The summed E-state index contributed by atoms with van der Waals surface area (Å²) in [5.74, 6) is 0.721. The SMILES string of the molecule is CCSc1cccc(F)c1-c1ncc(CNC(C)(C)C)s1. The average Bonchev–Trinajstić information content (AvgIpc) is 2.85. The van der Waals surface area contributed by atoms with Gasteiger partial charge in [-0.1, -0.05) is 13.0 Å². The minimum atomic E-state index is -0.196. The monoisotopic (exact) mass is 324 g/mol. The molecule has 0 bridgehead atoms. The number of thiazole rings is 1. The normalized spacial score (nSPS) is 11.9. The number of hydrogen-bond donors (Lipinski definition) is 1. The number of thioether (sulfide) groups is 1. The quantitative estimate of drug-likeness (QED) is 0.788. The first-order valence-electron chi connectivity index (χ1n) is 7.02. The van der Waals surface area contributed by atoms with Crippen LogP contribution in [0.3, 0.4) is 0 Å². The Bertz CT molecular complexity index is 603. The highest BCUT2D eigenvalue weighted by molar-refractivity contribution is 7.99. The van der Waals surface area contributed by atoms with Crippen LogP contribution in [0.1, 0.15) is 32.6 Å². The van der Waals surface area contributed by atoms with Gasteiger partial charge in [-0.3, -0.25) is 0 Å². The Kier molecular flexibility index (Phi) is 5.41. The zero-order valence-corrected chi connectivity index (χ0v) is 14.5. The van der Waals surface area contributed by atoms with Gasteiger partial charge in [0.15, 0.2) is 0 Å². The molecule has 1 aromatic heterocycles. The molecule has 0 amide bonds. The van der Waals surface area contributed by atoms with Gasteiger partial charge in [0, 0.05) is 28.1 Å². The van der Waals surface area contributed by atoms with Crippen LogP contribution in [0.5, 0.6) is 0 Å². The molecule has 0 fully saturated rings. The van der Waals surface area contributed by atoms with Crippen LogP contribution in [-0.2, 0) is 6.54 Å². The van der Waals surface area contributed by atoms with Gasteiger partial charge in [0.1, 0.15) is 10.8 Å². The molecule has 0 saturated heterocycles. The molecule has 0 saturated carbocycles. The summed E-state index contributed by atoms with van der Waals surface area (Å²) in [7, 11) is 0. The number of hydrogen-bond acceptors (Lipinski definition) is 4. The highest BCUT2D eigenvalue weighted by Gasteiger charge is 2.15. The fraction of sp³-hybridized carbons (Fsp3) is 0.438. The van der Waals surface area contributed by atoms with Crippen molar-refractivity contribution in [1.29, 1.82) is 0 Å². The van der Waals surface area contributed by atoms with Gasteiger partial charge < -0.3 is 5.32 Å². The second-order valence-electron chi connectivity index (χ2n) is 5.78. The smallest absolute Gasteiger partial charge is 0.134 e. The minimum absolute atomic E-state index is 0.0609. The van der Waals surface area contributed by atoms with Gasteiger partial charge >= 0.3 is 0 Å². The van der Waals surface area contributed by atoms with Crippen LogP contribution >= 0.6 is 23.1 Å². The van der Waals surface area contributed by atoms with E-state index in [1.165, 1.54) is 6.07 Å². The molecule has 0 radical (unpaired) electrons. The Hall–Kier alpha value is -0.910. The Morgan fingerprint density at radius 3 is 2.76 bits per heavy atom. The summed E-state index contributed by atoms with van der Waals surface area (Å²) in [5, 5.41) is 4.19. The number of rotatable bonds is 5. The molecule has 0 aliphatic carbocycles. The lowest BCUT2D eigenvalue weighted by atomic mass is 10.1. The maximum absolute atomic E-state index is 14.2. The topological polar surface area (TPSA) is 24.9 Å². The zero-order chi connectivity index (χ0) is 15.5. The summed E-state index contributed by atoms with van der Waals surface area (Å²) in [5.41, 5.74) is 0.696. The van der Waals surface area contributed by atoms with Crippen molar-refractivity contribution in [2.75, 3.05) is 5.75 Å². The van der Waals surface area contributed by atoms with E-state index in [9.17, 15) is 4.39 Å². The van der Waals surface area contributed by atoms with Crippen molar-refractivity contribution in [3.63, 3.8) is 0 Å². The molecule has 0 spiro atoms. The molecule has 2 nitrogen and oxygen atoms in total. The number of aromatic nitrogens is 1. The van der Waals surface area contributed by atoms with Crippen LogP contribution in [0.15, 0.2) is 29.3 Å². The van der Waals surface area contributed by atoms with Crippen molar-refractivity contribution >= 4 is 23.1 Å². The number of benzene rings is 1. The van der Waals surface area contributed by atoms with Crippen molar-refractivity contribution in [3.8, 4) is 10.6 Å². The summed E-state index contributed by atoms with van der Waals surface area (Å²) < 4.78 is 14.2. The molecule has 0 aliphatic rings. The van der Waals surface area contributed by atoms with E-state index in [-0.39, 0.29) is 11.4 Å². The van der Waals surface area contributed by atoms with Crippen LogP contribution in [0, 0.1) is 5.82 Å².